The SMILES string of the molecule is Cc1ccc(Br)cc1C(Cl)c1cc(F)c(F)cc1F. The van der Waals surface area contributed by atoms with Gasteiger partial charge in [-0.05, 0) is 36.2 Å². The van der Waals surface area contributed by atoms with Gasteiger partial charge in [0.1, 0.15) is 5.82 Å². The lowest BCUT2D eigenvalue weighted by Gasteiger charge is -2.15. The maximum absolute atomic E-state index is 13.7. The molecule has 0 heterocycles. The number of halogens is 5. The van der Waals surface area contributed by atoms with E-state index in [0.29, 0.717) is 11.6 Å². The molecule has 2 aromatic rings. The third kappa shape index (κ3) is 2.95. The summed E-state index contributed by atoms with van der Waals surface area (Å²) in [7, 11) is 0. The molecule has 0 aromatic heterocycles. The first-order chi connectivity index (χ1) is 8.90. The summed E-state index contributed by atoms with van der Waals surface area (Å²) < 4.78 is 40.6. The van der Waals surface area contributed by atoms with E-state index in [1.807, 2.05) is 19.1 Å². The number of hydrogen-bond donors (Lipinski definition) is 0. The van der Waals surface area contributed by atoms with E-state index in [9.17, 15) is 13.2 Å². The number of alkyl halides is 1. The lowest BCUT2D eigenvalue weighted by atomic mass is 9.99. The highest BCUT2D eigenvalue weighted by atomic mass is 79.9. The molecule has 0 nitrogen and oxygen atoms in total. The Morgan fingerprint density at radius 1 is 0.947 bits per heavy atom. The fourth-order valence-corrected chi connectivity index (χ4v) is 2.57. The van der Waals surface area contributed by atoms with Gasteiger partial charge in [0.15, 0.2) is 11.6 Å². The zero-order chi connectivity index (χ0) is 14.2. The molecule has 0 spiro atoms. The largest absolute Gasteiger partial charge is 0.207 e. The van der Waals surface area contributed by atoms with Gasteiger partial charge < -0.3 is 0 Å². The maximum atomic E-state index is 13.7. The molecule has 0 radical (unpaired) electrons. The quantitative estimate of drug-likeness (QED) is 0.496. The van der Waals surface area contributed by atoms with Gasteiger partial charge in [0, 0.05) is 16.1 Å². The van der Waals surface area contributed by atoms with Crippen LogP contribution in [0.5, 0.6) is 0 Å². The van der Waals surface area contributed by atoms with Gasteiger partial charge in [-0.2, -0.15) is 0 Å². The molecule has 0 fully saturated rings. The molecule has 0 saturated carbocycles. The monoisotopic (exact) mass is 348 g/mol. The Labute approximate surface area is 122 Å². The number of benzene rings is 2. The van der Waals surface area contributed by atoms with Crippen LogP contribution in [-0.4, -0.2) is 0 Å². The second-order valence-electron chi connectivity index (χ2n) is 4.15. The fourth-order valence-electron chi connectivity index (χ4n) is 1.78. The van der Waals surface area contributed by atoms with Crippen molar-refractivity contribution in [2.45, 2.75) is 12.3 Å². The van der Waals surface area contributed by atoms with E-state index in [1.165, 1.54) is 0 Å². The molecule has 0 aliphatic carbocycles. The van der Waals surface area contributed by atoms with Crippen LogP contribution in [0.3, 0.4) is 0 Å². The molecule has 0 saturated heterocycles. The Kier molecular flexibility index (Phi) is 4.21. The van der Waals surface area contributed by atoms with Crippen LogP contribution in [0.1, 0.15) is 22.1 Å². The first-order valence-corrected chi connectivity index (χ1v) is 6.67. The van der Waals surface area contributed by atoms with Crippen molar-refractivity contribution in [2.75, 3.05) is 0 Å². The highest BCUT2D eigenvalue weighted by Crippen LogP contribution is 2.34. The van der Waals surface area contributed by atoms with Gasteiger partial charge in [0.25, 0.3) is 0 Å². The van der Waals surface area contributed by atoms with Crippen LogP contribution in [0.15, 0.2) is 34.8 Å². The van der Waals surface area contributed by atoms with Crippen molar-refractivity contribution in [3.8, 4) is 0 Å². The van der Waals surface area contributed by atoms with Crippen LogP contribution in [0.4, 0.5) is 13.2 Å². The Morgan fingerprint density at radius 3 is 2.26 bits per heavy atom. The molecule has 2 aromatic carbocycles. The highest BCUT2D eigenvalue weighted by molar-refractivity contribution is 9.10. The molecule has 0 bridgehead atoms. The van der Waals surface area contributed by atoms with Gasteiger partial charge in [0.2, 0.25) is 0 Å². The van der Waals surface area contributed by atoms with Crippen molar-refractivity contribution >= 4 is 27.5 Å². The summed E-state index contributed by atoms with van der Waals surface area (Å²) in [5.41, 5.74) is 1.40. The Hall–Kier alpha value is -1.00. The Bertz CT molecular complexity index is 628. The number of aryl methyl sites for hydroxylation is 1. The number of rotatable bonds is 2. The van der Waals surface area contributed by atoms with Crippen molar-refractivity contribution in [3.05, 3.63) is 68.9 Å². The lowest BCUT2D eigenvalue weighted by molar-refractivity contribution is 0.490. The molecule has 1 unspecified atom stereocenters. The minimum absolute atomic E-state index is 0.0817. The Morgan fingerprint density at radius 2 is 1.58 bits per heavy atom. The zero-order valence-electron chi connectivity index (χ0n) is 9.85. The predicted octanol–water partition coefficient (Wildman–Crippen LogP) is 5.50. The standard InChI is InChI=1S/C14H9BrClF3/c1-7-2-3-8(15)4-9(7)14(16)10-5-12(18)13(19)6-11(10)17/h2-6,14H,1H3. The van der Waals surface area contributed by atoms with E-state index in [4.69, 9.17) is 11.6 Å². The van der Waals surface area contributed by atoms with Crippen LogP contribution < -0.4 is 0 Å². The maximum Gasteiger partial charge on any atom is 0.161 e. The molecule has 0 aliphatic heterocycles. The Balaban J connectivity index is 2.52. The van der Waals surface area contributed by atoms with Crippen LogP contribution in [0, 0.1) is 24.4 Å². The minimum atomic E-state index is -1.23. The molecule has 2 rings (SSSR count). The van der Waals surface area contributed by atoms with E-state index >= 15 is 0 Å². The first kappa shape index (κ1) is 14.4. The second-order valence-corrected chi connectivity index (χ2v) is 5.50. The summed E-state index contributed by atoms with van der Waals surface area (Å²) in [6, 6.07) is 6.67. The normalized spacial score (nSPS) is 12.5. The first-order valence-electron chi connectivity index (χ1n) is 5.44. The van der Waals surface area contributed by atoms with E-state index in [2.05, 4.69) is 15.9 Å². The summed E-state index contributed by atoms with van der Waals surface area (Å²) in [5.74, 6) is -3.20. The zero-order valence-corrected chi connectivity index (χ0v) is 12.2. The van der Waals surface area contributed by atoms with Gasteiger partial charge in [0.05, 0.1) is 5.38 Å². The van der Waals surface area contributed by atoms with Crippen LogP contribution in [0.25, 0.3) is 0 Å². The molecule has 100 valence electrons. The summed E-state index contributed by atoms with van der Waals surface area (Å²) in [6.07, 6.45) is 0. The molecular formula is C14H9BrClF3. The van der Waals surface area contributed by atoms with Crippen LogP contribution >= 0.6 is 27.5 Å². The summed E-state index contributed by atoms with van der Waals surface area (Å²) in [6.45, 7) is 1.81. The van der Waals surface area contributed by atoms with E-state index < -0.39 is 22.8 Å². The molecule has 1 atom stereocenters. The number of hydrogen-bond acceptors (Lipinski definition) is 0. The highest BCUT2D eigenvalue weighted by Gasteiger charge is 2.20. The molecule has 5 heteroatoms. The third-order valence-electron chi connectivity index (χ3n) is 2.83. The van der Waals surface area contributed by atoms with Crippen LogP contribution in [0.2, 0.25) is 0 Å². The molecule has 0 N–H and O–H groups in total. The molecule has 19 heavy (non-hydrogen) atoms. The van der Waals surface area contributed by atoms with Crippen molar-refractivity contribution in [1.82, 2.24) is 0 Å². The van der Waals surface area contributed by atoms with Gasteiger partial charge in [-0.1, -0.05) is 22.0 Å². The summed E-state index contributed by atoms with van der Waals surface area (Å²) in [5, 5.41) is -0.882. The van der Waals surface area contributed by atoms with E-state index in [1.54, 1.807) is 6.07 Å². The minimum Gasteiger partial charge on any atom is -0.207 e. The topological polar surface area (TPSA) is 0 Å². The van der Waals surface area contributed by atoms with Gasteiger partial charge in [-0.15, -0.1) is 11.6 Å². The fraction of sp³-hybridized carbons (Fsp3) is 0.143. The van der Waals surface area contributed by atoms with E-state index in [-0.39, 0.29) is 5.56 Å². The molecule has 0 aliphatic rings. The van der Waals surface area contributed by atoms with Crippen molar-refractivity contribution in [1.29, 1.82) is 0 Å². The van der Waals surface area contributed by atoms with Crippen molar-refractivity contribution in [3.63, 3.8) is 0 Å². The van der Waals surface area contributed by atoms with Crippen LogP contribution in [-0.2, 0) is 0 Å². The van der Waals surface area contributed by atoms with E-state index in [0.717, 1.165) is 16.1 Å². The van der Waals surface area contributed by atoms with Gasteiger partial charge in [-0.25, -0.2) is 13.2 Å². The summed E-state index contributed by atoms with van der Waals surface area (Å²) >= 11 is 9.48. The third-order valence-corrected chi connectivity index (χ3v) is 3.79. The smallest absolute Gasteiger partial charge is 0.161 e. The summed E-state index contributed by atoms with van der Waals surface area (Å²) in [4.78, 5) is 0. The van der Waals surface area contributed by atoms with Crippen molar-refractivity contribution < 1.29 is 13.2 Å². The van der Waals surface area contributed by atoms with Crippen molar-refractivity contribution in [2.24, 2.45) is 0 Å². The average molecular weight is 350 g/mol. The molecular weight excluding hydrogens is 341 g/mol. The molecule has 0 amide bonds. The average Bonchev–Trinajstić information content (AvgIpc) is 2.36. The lowest BCUT2D eigenvalue weighted by Crippen LogP contribution is -2.02. The predicted molar refractivity (Wildman–Crippen MR) is 72.9 cm³/mol. The van der Waals surface area contributed by atoms with Gasteiger partial charge in [-0.3, -0.25) is 0 Å². The van der Waals surface area contributed by atoms with Gasteiger partial charge >= 0.3 is 0 Å². The second kappa shape index (κ2) is 5.55.